The van der Waals surface area contributed by atoms with E-state index in [0.29, 0.717) is 24.7 Å². The Labute approximate surface area is 146 Å². The lowest BCUT2D eigenvalue weighted by molar-refractivity contribution is -0.123. The van der Waals surface area contributed by atoms with E-state index < -0.39 is 0 Å². The zero-order valence-electron chi connectivity index (χ0n) is 13.8. The highest BCUT2D eigenvalue weighted by atomic mass is 16.7. The Morgan fingerprint density at radius 2 is 2.16 bits per heavy atom. The monoisotopic (exact) mass is 343 g/mol. The molecular weight excluding hydrogens is 322 g/mol. The van der Waals surface area contributed by atoms with Crippen LogP contribution in [-0.2, 0) is 9.53 Å². The minimum atomic E-state index is -0.295. The SMILES string of the molecule is N=C(/C=C\N)N(CC1CCCO1)C(=O)/C=C/c1ccc2c(c1)OCO2. The molecule has 1 unspecified atom stereocenters. The molecule has 1 saturated heterocycles. The molecule has 2 heterocycles. The van der Waals surface area contributed by atoms with Crippen LogP contribution < -0.4 is 15.2 Å². The normalized spacial score (nSPS) is 19.0. The van der Waals surface area contributed by atoms with Gasteiger partial charge in [-0.1, -0.05) is 6.07 Å². The molecular formula is C18H21N3O4. The molecule has 1 fully saturated rings. The number of hydrogen-bond acceptors (Lipinski definition) is 6. The van der Waals surface area contributed by atoms with Crippen LogP contribution in [0.3, 0.4) is 0 Å². The van der Waals surface area contributed by atoms with Crippen molar-refractivity contribution in [1.82, 2.24) is 4.90 Å². The maximum atomic E-state index is 12.6. The van der Waals surface area contributed by atoms with E-state index in [4.69, 9.17) is 25.4 Å². The van der Waals surface area contributed by atoms with Crippen LogP contribution in [0.5, 0.6) is 11.5 Å². The topological polar surface area (TPSA) is 97.9 Å². The standard InChI is InChI=1S/C18H21N3O4/c19-8-7-17(20)21(11-14-2-1-9-23-14)18(22)6-4-13-3-5-15-16(10-13)25-12-24-15/h3-8,10,14,20H,1-2,9,11-12,19H2/b6-4+,8-7-,20-17?. The lowest BCUT2D eigenvalue weighted by atomic mass is 10.1. The summed E-state index contributed by atoms with van der Waals surface area (Å²) in [5, 5.41) is 8.04. The van der Waals surface area contributed by atoms with Crippen molar-refractivity contribution in [3.05, 3.63) is 42.1 Å². The molecule has 0 aliphatic carbocycles. The van der Waals surface area contributed by atoms with Gasteiger partial charge in [-0.15, -0.1) is 0 Å². The lowest BCUT2D eigenvalue weighted by Gasteiger charge is -2.23. The molecule has 0 radical (unpaired) electrons. The van der Waals surface area contributed by atoms with Gasteiger partial charge >= 0.3 is 0 Å². The van der Waals surface area contributed by atoms with E-state index in [-0.39, 0.29) is 24.6 Å². The fraction of sp³-hybridized carbons (Fsp3) is 0.333. The van der Waals surface area contributed by atoms with Gasteiger partial charge in [-0.2, -0.15) is 0 Å². The molecule has 3 rings (SSSR count). The largest absolute Gasteiger partial charge is 0.454 e. The number of nitrogens with two attached hydrogens (primary N) is 1. The Morgan fingerprint density at radius 3 is 2.92 bits per heavy atom. The van der Waals surface area contributed by atoms with Crippen molar-refractivity contribution < 1.29 is 19.0 Å². The van der Waals surface area contributed by atoms with E-state index >= 15 is 0 Å². The number of fused-ring (bicyclic) bond motifs is 1. The summed E-state index contributed by atoms with van der Waals surface area (Å²) in [6, 6.07) is 5.45. The highest BCUT2D eigenvalue weighted by Gasteiger charge is 2.23. The second-order valence-electron chi connectivity index (χ2n) is 5.77. The Bertz CT molecular complexity index is 708. The van der Waals surface area contributed by atoms with Gasteiger partial charge in [0.15, 0.2) is 11.5 Å². The second-order valence-corrected chi connectivity index (χ2v) is 5.77. The highest BCUT2D eigenvalue weighted by molar-refractivity contribution is 6.07. The first kappa shape index (κ1) is 17.0. The fourth-order valence-corrected chi connectivity index (χ4v) is 2.75. The predicted molar refractivity (Wildman–Crippen MR) is 93.3 cm³/mol. The minimum absolute atomic E-state index is 0.0401. The maximum Gasteiger partial charge on any atom is 0.252 e. The molecule has 0 aromatic heterocycles. The number of rotatable bonds is 5. The molecule has 1 aromatic carbocycles. The van der Waals surface area contributed by atoms with Gasteiger partial charge in [-0.25, -0.2) is 0 Å². The van der Waals surface area contributed by atoms with E-state index in [2.05, 4.69) is 0 Å². The molecule has 2 aliphatic heterocycles. The first-order chi connectivity index (χ1) is 12.2. The van der Waals surface area contributed by atoms with Crippen LogP contribution in [0.4, 0.5) is 0 Å². The zero-order chi connectivity index (χ0) is 17.6. The van der Waals surface area contributed by atoms with Gasteiger partial charge in [0.2, 0.25) is 6.79 Å². The van der Waals surface area contributed by atoms with E-state index in [0.717, 1.165) is 18.4 Å². The summed E-state index contributed by atoms with van der Waals surface area (Å²) in [4.78, 5) is 13.9. The van der Waals surface area contributed by atoms with Gasteiger partial charge in [-0.3, -0.25) is 15.1 Å². The van der Waals surface area contributed by atoms with Crippen molar-refractivity contribution >= 4 is 17.8 Å². The Morgan fingerprint density at radius 1 is 1.32 bits per heavy atom. The van der Waals surface area contributed by atoms with Crippen LogP contribution in [0.15, 0.2) is 36.6 Å². The molecule has 0 bridgehead atoms. The quantitative estimate of drug-likeness (QED) is 0.483. The van der Waals surface area contributed by atoms with Crippen LogP contribution in [0, 0.1) is 5.41 Å². The van der Waals surface area contributed by atoms with Crippen LogP contribution >= 0.6 is 0 Å². The predicted octanol–water partition coefficient (Wildman–Crippen LogP) is 1.89. The first-order valence-electron chi connectivity index (χ1n) is 8.15. The van der Waals surface area contributed by atoms with Crippen molar-refractivity contribution in [2.24, 2.45) is 5.73 Å². The minimum Gasteiger partial charge on any atom is -0.454 e. The number of benzene rings is 1. The molecule has 25 heavy (non-hydrogen) atoms. The van der Waals surface area contributed by atoms with E-state index in [1.807, 2.05) is 12.1 Å². The molecule has 2 aliphatic rings. The van der Waals surface area contributed by atoms with Crippen LogP contribution in [0.1, 0.15) is 18.4 Å². The zero-order valence-corrected chi connectivity index (χ0v) is 13.8. The average molecular weight is 343 g/mol. The van der Waals surface area contributed by atoms with Crippen LogP contribution in [-0.4, -0.2) is 42.7 Å². The molecule has 0 spiro atoms. The Balaban J connectivity index is 1.71. The molecule has 1 atom stereocenters. The number of nitrogens with one attached hydrogen (secondary N) is 1. The number of amides is 1. The molecule has 7 nitrogen and oxygen atoms in total. The third-order valence-corrected chi connectivity index (χ3v) is 4.04. The summed E-state index contributed by atoms with van der Waals surface area (Å²) in [5.41, 5.74) is 6.17. The number of ether oxygens (including phenoxy) is 3. The molecule has 1 aromatic rings. The summed E-state index contributed by atoms with van der Waals surface area (Å²) in [6.45, 7) is 1.24. The number of nitrogens with zero attached hydrogens (tertiary/aromatic N) is 1. The third kappa shape index (κ3) is 4.19. The summed E-state index contributed by atoms with van der Waals surface area (Å²) in [5.74, 6) is 1.09. The van der Waals surface area contributed by atoms with Crippen molar-refractivity contribution in [2.45, 2.75) is 18.9 Å². The lowest BCUT2D eigenvalue weighted by Crippen LogP contribution is -2.40. The number of hydrogen-bond donors (Lipinski definition) is 2. The molecule has 132 valence electrons. The molecule has 0 saturated carbocycles. The van der Waals surface area contributed by atoms with E-state index in [9.17, 15) is 4.79 Å². The number of carbonyl (C=O) groups excluding carboxylic acids is 1. The van der Waals surface area contributed by atoms with Crippen molar-refractivity contribution in [1.29, 1.82) is 5.41 Å². The molecule has 3 N–H and O–H groups in total. The van der Waals surface area contributed by atoms with E-state index in [1.165, 1.54) is 23.3 Å². The van der Waals surface area contributed by atoms with Crippen LogP contribution in [0.25, 0.3) is 6.08 Å². The first-order valence-corrected chi connectivity index (χ1v) is 8.15. The Hall–Kier alpha value is -2.80. The highest BCUT2D eigenvalue weighted by Crippen LogP contribution is 2.32. The van der Waals surface area contributed by atoms with E-state index in [1.54, 1.807) is 12.1 Å². The van der Waals surface area contributed by atoms with Gasteiger partial charge in [0.1, 0.15) is 5.84 Å². The summed E-state index contributed by atoms with van der Waals surface area (Å²) in [6.07, 6.45) is 7.57. The maximum absolute atomic E-state index is 12.6. The molecule has 1 amide bonds. The summed E-state index contributed by atoms with van der Waals surface area (Å²) < 4.78 is 16.2. The van der Waals surface area contributed by atoms with Crippen molar-refractivity contribution in [3.63, 3.8) is 0 Å². The van der Waals surface area contributed by atoms with Gasteiger partial charge in [-0.05, 0) is 48.9 Å². The van der Waals surface area contributed by atoms with Crippen molar-refractivity contribution in [2.75, 3.05) is 19.9 Å². The average Bonchev–Trinajstić information content (AvgIpc) is 3.28. The smallest absolute Gasteiger partial charge is 0.252 e. The van der Waals surface area contributed by atoms with Gasteiger partial charge in [0, 0.05) is 12.7 Å². The summed E-state index contributed by atoms with van der Waals surface area (Å²) >= 11 is 0. The summed E-state index contributed by atoms with van der Waals surface area (Å²) in [7, 11) is 0. The Kier molecular flexibility index (Phi) is 5.35. The van der Waals surface area contributed by atoms with Crippen LogP contribution in [0.2, 0.25) is 0 Å². The molecule has 7 heteroatoms. The fourth-order valence-electron chi connectivity index (χ4n) is 2.75. The third-order valence-electron chi connectivity index (χ3n) is 4.04. The number of carbonyl (C=O) groups is 1. The van der Waals surface area contributed by atoms with Crippen molar-refractivity contribution in [3.8, 4) is 11.5 Å². The van der Waals surface area contributed by atoms with Gasteiger partial charge < -0.3 is 19.9 Å². The number of amidine groups is 1. The van der Waals surface area contributed by atoms with Gasteiger partial charge in [0.05, 0.1) is 12.6 Å². The second kappa shape index (κ2) is 7.85. The van der Waals surface area contributed by atoms with Gasteiger partial charge in [0.25, 0.3) is 5.91 Å².